The van der Waals surface area contributed by atoms with E-state index in [1.807, 2.05) is 18.2 Å². The van der Waals surface area contributed by atoms with Gasteiger partial charge < -0.3 is 14.3 Å². The minimum atomic E-state index is 0.715. The second-order valence-electron chi connectivity index (χ2n) is 5.09. The number of hydrogen-bond donors (Lipinski definition) is 1. The number of fused-ring (bicyclic) bond motifs is 1. The molecule has 1 aliphatic rings. The predicted molar refractivity (Wildman–Crippen MR) is 80.3 cm³/mol. The van der Waals surface area contributed by atoms with Gasteiger partial charge in [0.1, 0.15) is 0 Å². The summed E-state index contributed by atoms with van der Waals surface area (Å²) >= 11 is 11.5. The second kappa shape index (κ2) is 5.65. The molecule has 19 heavy (non-hydrogen) atoms. The summed E-state index contributed by atoms with van der Waals surface area (Å²) in [6, 6.07) is 5.87. The number of nitrogens with zero attached hydrogens (tertiary/aromatic N) is 1. The summed E-state index contributed by atoms with van der Waals surface area (Å²) in [5.74, 6) is 0.828. The van der Waals surface area contributed by atoms with Gasteiger partial charge >= 0.3 is 0 Å². The molecule has 0 saturated heterocycles. The molecule has 0 atom stereocenters. The van der Waals surface area contributed by atoms with Crippen molar-refractivity contribution < 1.29 is 4.74 Å². The molecule has 0 spiro atoms. The third kappa shape index (κ3) is 3.02. The van der Waals surface area contributed by atoms with Crippen molar-refractivity contribution >= 4 is 34.9 Å². The molecule has 3 nitrogen and oxygen atoms in total. The molecular formula is C14H17ClN2OS. The molecule has 1 fully saturated rings. The van der Waals surface area contributed by atoms with Gasteiger partial charge in [-0.05, 0) is 49.5 Å². The van der Waals surface area contributed by atoms with Crippen molar-refractivity contribution in [1.82, 2.24) is 9.55 Å². The number of benzene rings is 1. The van der Waals surface area contributed by atoms with Gasteiger partial charge in [0.15, 0.2) is 4.77 Å². The number of H-pyrrole nitrogens is 1. The zero-order valence-electron chi connectivity index (χ0n) is 10.7. The number of ether oxygens (including phenoxy) is 1. The Hall–Kier alpha value is -0.840. The van der Waals surface area contributed by atoms with Crippen LogP contribution in [0.3, 0.4) is 0 Å². The molecular weight excluding hydrogens is 280 g/mol. The number of aryl methyl sites for hydroxylation is 1. The normalized spacial score (nSPS) is 15.2. The van der Waals surface area contributed by atoms with E-state index in [1.54, 1.807) is 0 Å². The summed E-state index contributed by atoms with van der Waals surface area (Å²) in [5.41, 5.74) is 1.99. The minimum Gasteiger partial charge on any atom is -0.381 e. The molecule has 0 radical (unpaired) electrons. The van der Waals surface area contributed by atoms with Crippen molar-refractivity contribution in [2.75, 3.05) is 13.2 Å². The number of para-hydroxylation sites is 1. The maximum absolute atomic E-state index is 6.15. The number of halogens is 1. The summed E-state index contributed by atoms with van der Waals surface area (Å²) in [6.07, 6.45) is 3.65. The van der Waals surface area contributed by atoms with Gasteiger partial charge in [0.2, 0.25) is 0 Å². The molecule has 0 unspecified atom stereocenters. The zero-order valence-corrected chi connectivity index (χ0v) is 12.3. The topological polar surface area (TPSA) is 29.9 Å². The van der Waals surface area contributed by atoms with Gasteiger partial charge in [-0.25, -0.2) is 0 Å². The summed E-state index contributed by atoms with van der Waals surface area (Å²) in [7, 11) is 0. The Morgan fingerprint density at radius 2 is 2.26 bits per heavy atom. The molecule has 1 aliphatic carbocycles. The first-order valence-corrected chi connectivity index (χ1v) is 7.49. The van der Waals surface area contributed by atoms with Gasteiger partial charge in [-0.3, -0.25) is 0 Å². The molecule has 5 heteroatoms. The highest BCUT2D eigenvalue weighted by atomic mass is 35.5. The molecule has 0 amide bonds. The van der Waals surface area contributed by atoms with E-state index in [1.165, 1.54) is 12.8 Å². The highest BCUT2D eigenvalue weighted by molar-refractivity contribution is 7.71. The van der Waals surface area contributed by atoms with Crippen LogP contribution in [-0.4, -0.2) is 22.8 Å². The summed E-state index contributed by atoms with van der Waals surface area (Å²) in [6.45, 7) is 2.58. The summed E-state index contributed by atoms with van der Waals surface area (Å²) in [4.78, 5) is 3.17. The standard InChI is InChI=1S/C14H17ClN2OS/c15-11-3-1-4-12-13(11)16-14(19)17(12)7-2-8-18-9-10-5-6-10/h1,3-4,10H,2,5-9H2,(H,16,19). The fourth-order valence-electron chi connectivity index (χ4n) is 2.23. The number of imidazole rings is 1. The van der Waals surface area contributed by atoms with Gasteiger partial charge in [-0.2, -0.15) is 0 Å². The Bertz CT molecular complexity index is 630. The minimum absolute atomic E-state index is 0.715. The molecule has 0 bridgehead atoms. The van der Waals surface area contributed by atoms with E-state index in [0.717, 1.165) is 47.9 Å². The first-order chi connectivity index (χ1) is 9.25. The van der Waals surface area contributed by atoms with E-state index in [-0.39, 0.29) is 0 Å². The van der Waals surface area contributed by atoms with Gasteiger partial charge in [0.05, 0.1) is 16.1 Å². The van der Waals surface area contributed by atoms with Crippen LogP contribution in [0.5, 0.6) is 0 Å². The molecule has 1 N–H and O–H groups in total. The van der Waals surface area contributed by atoms with Crippen molar-refractivity contribution in [2.24, 2.45) is 5.92 Å². The molecule has 102 valence electrons. The van der Waals surface area contributed by atoms with Gasteiger partial charge in [0.25, 0.3) is 0 Å². The Morgan fingerprint density at radius 3 is 3.05 bits per heavy atom. The van der Waals surface area contributed by atoms with Gasteiger partial charge in [-0.1, -0.05) is 17.7 Å². The highest BCUT2D eigenvalue weighted by Crippen LogP contribution is 2.28. The van der Waals surface area contributed by atoms with Crippen LogP contribution in [0, 0.1) is 10.7 Å². The Labute approximate surface area is 122 Å². The Kier molecular flexibility index (Phi) is 3.91. The van der Waals surface area contributed by atoms with Crippen molar-refractivity contribution in [1.29, 1.82) is 0 Å². The maximum atomic E-state index is 6.15. The van der Waals surface area contributed by atoms with Crippen LogP contribution in [0.1, 0.15) is 19.3 Å². The lowest BCUT2D eigenvalue weighted by atomic mass is 10.3. The van der Waals surface area contributed by atoms with Crippen LogP contribution >= 0.6 is 23.8 Å². The van der Waals surface area contributed by atoms with E-state index in [0.29, 0.717) is 5.02 Å². The average molecular weight is 297 g/mol. The maximum Gasteiger partial charge on any atom is 0.178 e. The molecule has 2 aromatic rings. The van der Waals surface area contributed by atoms with Crippen molar-refractivity contribution in [3.8, 4) is 0 Å². The van der Waals surface area contributed by atoms with E-state index < -0.39 is 0 Å². The van der Waals surface area contributed by atoms with Crippen LogP contribution in [0.2, 0.25) is 5.02 Å². The quantitative estimate of drug-likeness (QED) is 0.640. The lowest BCUT2D eigenvalue weighted by Crippen LogP contribution is -2.04. The number of rotatable bonds is 6. The van der Waals surface area contributed by atoms with E-state index in [4.69, 9.17) is 28.6 Å². The van der Waals surface area contributed by atoms with Gasteiger partial charge in [-0.15, -0.1) is 0 Å². The summed E-state index contributed by atoms with van der Waals surface area (Å²) < 4.78 is 8.47. The smallest absolute Gasteiger partial charge is 0.178 e. The lowest BCUT2D eigenvalue weighted by Gasteiger charge is -2.05. The molecule has 1 saturated carbocycles. The van der Waals surface area contributed by atoms with Crippen molar-refractivity contribution in [2.45, 2.75) is 25.8 Å². The average Bonchev–Trinajstić information content (AvgIpc) is 3.15. The predicted octanol–water partition coefficient (Wildman–Crippen LogP) is 4.17. The van der Waals surface area contributed by atoms with Crippen LogP contribution in [0.25, 0.3) is 11.0 Å². The third-order valence-corrected chi connectivity index (χ3v) is 4.12. The fourth-order valence-corrected chi connectivity index (χ4v) is 2.73. The molecule has 0 aliphatic heterocycles. The first kappa shape index (κ1) is 13.2. The van der Waals surface area contributed by atoms with E-state index >= 15 is 0 Å². The number of nitrogens with one attached hydrogen (secondary N) is 1. The molecule has 1 heterocycles. The van der Waals surface area contributed by atoms with Gasteiger partial charge in [0, 0.05) is 19.8 Å². The zero-order chi connectivity index (χ0) is 13.2. The SMILES string of the molecule is S=c1[nH]c2c(Cl)cccc2n1CCCOCC1CC1. The number of aromatic nitrogens is 2. The van der Waals surface area contributed by atoms with E-state index in [2.05, 4.69) is 9.55 Å². The highest BCUT2D eigenvalue weighted by Gasteiger charge is 2.20. The van der Waals surface area contributed by atoms with E-state index in [9.17, 15) is 0 Å². The van der Waals surface area contributed by atoms with Crippen molar-refractivity contribution in [3.05, 3.63) is 28.0 Å². The summed E-state index contributed by atoms with van der Waals surface area (Å²) in [5, 5.41) is 0.715. The fraction of sp³-hybridized carbons (Fsp3) is 0.500. The number of aromatic amines is 1. The molecule has 3 rings (SSSR count). The largest absolute Gasteiger partial charge is 0.381 e. The monoisotopic (exact) mass is 296 g/mol. The van der Waals surface area contributed by atoms with Crippen LogP contribution in [-0.2, 0) is 11.3 Å². The molecule has 1 aromatic carbocycles. The third-order valence-electron chi connectivity index (χ3n) is 3.48. The van der Waals surface area contributed by atoms with Crippen LogP contribution in [0.4, 0.5) is 0 Å². The number of hydrogen-bond acceptors (Lipinski definition) is 2. The Balaban J connectivity index is 1.64. The first-order valence-electron chi connectivity index (χ1n) is 6.70. The van der Waals surface area contributed by atoms with Crippen LogP contribution < -0.4 is 0 Å². The van der Waals surface area contributed by atoms with Crippen LogP contribution in [0.15, 0.2) is 18.2 Å². The second-order valence-corrected chi connectivity index (χ2v) is 5.88. The van der Waals surface area contributed by atoms with Crippen molar-refractivity contribution in [3.63, 3.8) is 0 Å². The lowest BCUT2D eigenvalue weighted by molar-refractivity contribution is 0.119. The molecule has 1 aromatic heterocycles. The Morgan fingerprint density at radius 1 is 1.42 bits per heavy atom.